The molecule has 0 aliphatic rings. The van der Waals surface area contributed by atoms with Gasteiger partial charge in [0.2, 0.25) is 10.0 Å². The molecular weight excluding hydrogens is 374 g/mol. The first-order valence-corrected chi connectivity index (χ1v) is 10.6. The second-order valence-corrected chi connectivity index (χ2v) is 8.64. The number of nitrogens with one attached hydrogen (secondary N) is 2. The first-order chi connectivity index (χ1) is 11.8. The molecule has 5 nitrogen and oxygen atoms in total. The van der Waals surface area contributed by atoms with E-state index in [2.05, 4.69) is 22.8 Å². The van der Waals surface area contributed by atoms with E-state index in [1.807, 2.05) is 32.0 Å². The second-order valence-electron chi connectivity index (χ2n) is 5.50. The van der Waals surface area contributed by atoms with Crippen LogP contribution >= 0.6 is 24.0 Å². The quantitative estimate of drug-likeness (QED) is 0.396. The molecule has 0 unspecified atom stereocenters. The molecule has 2 rings (SSSR count). The lowest BCUT2D eigenvalue weighted by atomic mass is 10.1. The summed E-state index contributed by atoms with van der Waals surface area (Å²) in [5.41, 5.74) is 2.39. The monoisotopic (exact) mass is 395 g/mol. The Bertz CT molecular complexity index is 853. The minimum absolute atomic E-state index is 0.0699. The van der Waals surface area contributed by atoms with Gasteiger partial charge >= 0.3 is 0 Å². The number of rotatable bonds is 6. The Morgan fingerprint density at radius 2 is 1.88 bits per heavy atom. The summed E-state index contributed by atoms with van der Waals surface area (Å²) < 4.78 is 23.2. The molecule has 2 aromatic rings. The number of benzene rings is 2. The molecule has 0 aliphatic heterocycles. The molecule has 4 N–H and O–H groups in total. The molecule has 8 heteroatoms. The second kappa shape index (κ2) is 8.66. The normalized spacial score (nSPS) is 11.2. The van der Waals surface area contributed by atoms with Crippen LogP contribution in [0.25, 0.3) is 0 Å². The van der Waals surface area contributed by atoms with Crippen molar-refractivity contribution < 1.29 is 8.42 Å². The molecule has 0 saturated heterocycles. The van der Waals surface area contributed by atoms with Gasteiger partial charge in [-0.3, -0.25) is 0 Å². The summed E-state index contributed by atoms with van der Waals surface area (Å²) >= 11 is 7.03. The minimum Gasteiger partial charge on any atom is -0.362 e. The van der Waals surface area contributed by atoms with Gasteiger partial charge < -0.3 is 10.6 Å². The predicted molar refractivity (Wildman–Crippen MR) is 109 cm³/mol. The fourth-order valence-electron chi connectivity index (χ4n) is 2.14. The maximum atomic E-state index is 11.6. The average molecular weight is 396 g/mol. The molecule has 0 heterocycles. The van der Waals surface area contributed by atoms with Crippen molar-refractivity contribution in [2.24, 2.45) is 5.14 Å². The topological polar surface area (TPSA) is 84.2 Å². The van der Waals surface area contributed by atoms with Gasteiger partial charge in [-0.25, -0.2) is 13.6 Å². The van der Waals surface area contributed by atoms with Gasteiger partial charge in [-0.1, -0.05) is 18.2 Å². The molecule has 0 amide bonds. The largest absolute Gasteiger partial charge is 0.362 e. The summed E-state index contributed by atoms with van der Waals surface area (Å²) in [6.45, 7) is 4.43. The maximum absolute atomic E-state index is 11.6. The van der Waals surface area contributed by atoms with E-state index in [0.717, 1.165) is 16.9 Å². The number of aryl methyl sites for hydroxylation is 1. The van der Waals surface area contributed by atoms with Crippen molar-refractivity contribution in [2.75, 3.05) is 17.6 Å². The summed E-state index contributed by atoms with van der Waals surface area (Å²) in [4.78, 5) is 1.27. The number of thiocarbonyl (C=S) groups is 1. The predicted octanol–water partition coefficient (Wildman–Crippen LogP) is 3.03. The van der Waals surface area contributed by atoms with Crippen LogP contribution in [0.3, 0.4) is 0 Å². The highest BCUT2D eigenvalue weighted by atomic mass is 32.2. The zero-order valence-electron chi connectivity index (χ0n) is 14.1. The van der Waals surface area contributed by atoms with E-state index in [-0.39, 0.29) is 4.90 Å². The lowest BCUT2D eigenvalue weighted by molar-refractivity contribution is 0.597. The smallest absolute Gasteiger partial charge is 0.238 e. The van der Waals surface area contributed by atoms with Crippen LogP contribution in [-0.2, 0) is 10.0 Å². The van der Waals surface area contributed by atoms with E-state index in [0.29, 0.717) is 17.3 Å². The number of thioether (sulfide) groups is 1. The molecule has 0 aromatic heterocycles. The highest BCUT2D eigenvalue weighted by Crippen LogP contribution is 2.23. The highest BCUT2D eigenvalue weighted by molar-refractivity contribution is 7.99. The van der Waals surface area contributed by atoms with E-state index in [4.69, 9.17) is 17.4 Å². The third-order valence-electron chi connectivity index (χ3n) is 3.62. The number of hydrogen-bond donors (Lipinski definition) is 3. The Hall–Kier alpha value is -1.61. The molecule has 0 fully saturated rings. The van der Waals surface area contributed by atoms with Gasteiger partial charge in [0, 0.05) is 22.9 Å². The Morgan fingerprint density at radius 3 is 2.52 bits per heavy atom. The minimum atomic E-state index is -3.76. The number of primary sulfonamides is 1. The number of anilines is 1. The summed E-state index contributed by atoms with van der Waals surface area (Å²) in [6, 6.07) is 13.2. The Labute approximate surface area is 158 Å². The molecule has 0 bridgehead atoms. The zero-order valence-corrected chi connectivity index (χ0v) is 16.5. The van der Waals surface area contributed by atoms with Gasteiger partial charge in [-0.15, -0.1) is 11.8 Å². The van der Waals surface area contributed by atoms with Crippen LogP contribution in [0.5, 0.6) is 0 Å². The lowest BCUT2D eigenvalue weighted by Crippen LogP contribution is -2.30. The van der Waals surface area contributed by atoms with Crippen LogP contribution in [0.15, 0.2) is 52.3 Å². The summed E-state index contributed by atoms with van der Waals surface area (Å²) in [6.07, 6.45) is 0. The SMILES string of the molecule is Cc1cc(S(N)(=O)=O)cc(NC(=S)NCCSc2ccccc2)c1C. The zero-order chi connectivity index (χ0) is 18.4. The standard InChI is InChI=1S/C17H21N3O2S3/c1-12-10-15(25(18,21)22)11-16(13(12)2)20-17(23)19-8-9-24-14-6-4-3-5-7-14/h3-7,10-11H,8-9H2,1-2H3,(H2,18,21,22)(H2,19,20,23). The van der Waals surface area contributed by atoms with Crippen molar-refractivity contribution in [1.82, 2.24) is 5.32 Å². The van der Waals surface area contributed by atoms with Crippen molar-refractivity contribution >= 4 is 44.8 Å². The van der Waals surface area contributed by atoms with Gasteiger partial charge in [-0.05, 0) is 61.5 Å². The van der Waals surface area contributed by atoms with Crippen LogP contribution in [0.4, 0.5) is 5.69 Å². The molecule has 0 atom stereocenters. The van der Waals surface area contributed by atoms with E-state index in [9.17, 15) is 8.42 Å². The molecule has 25 heavy (non-hydrogen) atoms. The highest BCUT2D eigenvalue weighted by Gasteiger charge is 2.13. The Morgan fingerprint density at radius 1 is 1.20 bits per heavy atom. The first-order valence-electron chi connectivity index (χ1n) is 7.64. The van der Waals surface area contributed by atoms with Crippen molar-refractivity contribution in [2.45, 2.75) is 23.6 Å². The van der Waals surface area contributed by atoms with E-state index in [1.165, 1.54) is 11.0 Å². The van der Waals surface area contributed by atoms with Crippen LogP contribution in [-0.4, -0.2) is 25.8 Å². The molecule has 2 aromatic carbocycles. The van der Waals surface area contributed by atoms with Crippen molar-refractivity contribution in [3.63, 3.8) is 0 Å². The van der Waals surface area contributed by atoms with Gasteiger partial charge in [0.15, 0.2) is 5.11 Å². The fourth-order valence-corrected chi connectivity index (χ4v) is 3.76. The van der Waals surface area contributed by atoms with Crippen molar-refractivity contribution in [3.05, 3.63) is 53.6 Å². The van der Waals surface area contributed by atoms with E-state index in [1.54, 1.807) is 17.8 Å². The molecule has 0 aliphatic carbocycles. The Balaban J connectivity index is 1.93. The number of nitrogens with two attached hydrogens (primary N) is 1. The van der Waals surface area contributed by atoms with Gasteiger partial charge in [-0.2, -0.15) is 0 Å². The summed E-state index contributed by atoms with van der Waals surface area (Å²) in [7, 11) is -3.76. The third kappa shape index (κ3) is 6.00. The fraction of sp³-hybridized carbons (Fsp3) is 0.235. The van der Waals surface area contributed by atoms with E-state index < -0.39 is 10.0 Å². The number of sulfonamides is 1. The molecule has 0 spiro atoms. The van der Waals surface area contributed by atoms with Crippen LogP contribution in [0, 0.1) is 13.8 Å². The van der Waals surface area contributed by atoms with Crippen LogP contribution < -0.4 is 15.8 Å². The molecular formula is C17H21N3O2S3. The van der Waals surface area contributed by atoms with E-state index >= 15 is 0 Å². The third-order valence-corrected chi connectivity index (χ3v) is 5.77. The average Bonchev–Trinajstić information content (AvgIpc) is 2.55. The van der Waals surface area contributed by atoms with Crippen molar-refractivity contribution in [3.8, 4) is 0 Å². The van der Waals surface area contributed by atoms with Gasteiger partial charge in [0.05, 0.1) is 4.90 Å². The van der Waals surface area contributed by atoms with Gasteiger partial charge in [0.25, 0.3) is 0 Å². The molecule has 134 valence electrons. The van der Waals surface area contributed by atoms with Crippen LogP contribution in [0.1, 0.15) is 11.1 Å². The summed E-state index contributed by atoms with van der Waals surface area (Å²) in [5, 5.41) is 11.8. The van der Waals surface area contributed by atoms with Gasteiger partial charge in [0.1, 0.15) is 0 Å². The van der Waals surface area contributed by atoms with Crippen molar-refractivity contribution in [1.29, 1.82) is 0 Å². The molecule has 0 saturated carbocycles. The number of hydrogen-bond acceptors (Lipinski definition) is 4. The molecule has 0 radical (unpaired) electrons. The maximum Gasteiger partial charge on any atom is 0.238 e. The Kier molecular flexibility index (Phi) is 6.83. The lowest BCUT2D eigenvalue weighted by Gasteiger charge is -2.15. The first kappa shape index (κ1) is 19.7. The summed E-state index contributed by atoms with van der Waals surface area (Å²) in [5.74, 6) is 0.862. The van der Waals surface area contributed by atoms with Crippen LogP contribution in [0.2, 0.25) is 0 Å².